The highest BCUT2D eigenvalue weighted by atomic mass is 15.1. The SMILES string of the molecule is C[NH+](C)CC(C)(C)C[NH2+][C@@H]1C[C@H]2CC[C@@H]1C2. The van der Waals surface area contributed by atoms with Crippen LogP contribution < -0.4 is 10.2 Å². The van der Waals surface area contributed by atoms with Gasteiger partial charge in [-0.3, -0.25) is 0 Å². The molecule has 2 aliphatic carbocycles. The number of hydrogen-bond donors (Lipinski definition) is 2. The van der Waals surface area contributed by atoms with E-state index in [1.807, 2.05) is 0 Å². The Kier molecular flexibility index (Phi) is 3.60. The van der Waals surface area contributed by atoms with E-state index in [1.54, 1.807) is 11.3 Å². The summed E-state index contributed by atoms with van der Waals surface area (Å²) < 4.78 is 0. The molecular formula is C14H30N2+2. The largest absolute Gasteiger partial charge is 0.343 e. The number of fused-ring (bicyclic) bond motifs is 2. The lowest BCUT2D eigenvalue weighted by atomic mass is 9.90. The lowest BCUT2D eigenvalue weighted by Crippen LogP contribution is -3.08. The van der Waals surface area contributed by atoms with Crippen LogP contribution in [0.2, 0.25) is 0 Å². The standard InChI is InChI=1S/C14H28N2/c1-14(2,10-16(3)4)9-15-13-8-11-5-6-12(13)7-11/h11-13,15H,5-10H2,1-4H3/p+2/t11-,12+,13+/m0/s1. The van der Waals surface area contributed by atoms with Gasteiger partial charge in [0.1, 0.15) is 0 Å². The van der Waals surface area contributed by atoms with Gasteiger partial charge in [0.25, 0.3) is 0 Å². The Morgan fingerprint density at radius 2 is 1.94 bits per heavy atom. The van der Waals surface area contributed by atoms with Crippen LogP contribution in [0.25, 0.3) is 0 Å². The summed E-state index contributed by atoms with van der Waals surface area (Å²) in [6, 6.07) is 0.968. The van der Waals surface area contributed by atoms with Gasteiger partial charge in [0.05, 0.1) is 38.6 Å². The molecule has 3 atom stereocenters. The lowest BCUT2D eigenvalue weighted by Gasteiger charge is -2.28. The molecule has 2 aliphatic rings. The van der Waals surface area contributed by atoms with E-state index in [9.17, 15) is 0 Å². The summed E-state index contributed by atoms with van der Waals surface area (Å²) >= 11 is 0. The van der Waals surface area contributed by atoms with Crippen molar-refractivity contribution in [1.29, 1.82) is 0 Å². The van der Waals surface area contributed by atoms with E-state index in [2.05, 4.69) is 33.3 Å². The number of nitrogens with two attached hydrogens (primary N) is 1. The summed E-state index contributed by atoms with van der Waals surface area (Å²) in [5.41, 5.74) is 0.487. The van der Waals surface area contributed by atoms with E-state index in [0.717, 1.165) is 17.9 Å². The third kappa shape index (κ3) is 2.98. The van der Waals surface area contributed by atoms with Crippen LogP contribution in [0.1, 0.15) is 39.5 Å². The molecule has 3 N–H and O–H groups in total. The fraction of sp³-hybridized carbons (Fsp3) is 1.00. The van der Waals surface area contributed by atoms with Crippen LogP contribution in [-0.2, 0) is 0 Å². The maximum Gasteiger partial charge on any atom is 0.0890 e. The summed E-state index contributed by atoms with van der Waals surface area (Å²) in [5, 5.41) is 2.67. The minimum atomic E-state index is 0.487. The maximum absolute atomic E-state index is 2.67. The molecule has 2 fully saturated rings. The molecule has 2 rings (SSSR count). The van der Waals surface area contributed by atoms with Gasteiger partial charge in [0.15, 0.2) is 0 Å². The van der Waals surface area contributed by atoms with Gasteiger partial charge in [-0.1, -0.05) is 0 Å². The van der Waals surface area contributed by atoms with E-state index in [0.29, 0.717) is 5.41 Å². The Bertz CT molecular complexity index is 235. The lowest BCUT2D eigenvalue weighted by molar-refractivity contribution is -0.869. The molecule has 0 amide bonds. The molecule has 0 unspecified atom stereocenters. The molecular weight excluding hydrogens is 196 g/mol. The van der Waals surface area contributed by atoms with Crippen LogP contribution in [0.15, 0.2) is 0 Å². The molecule has 16 heavy (non-hydrogen) atoms. The first kappa shape index (κ1) is 12.4. The van der Waals surface area contributed by atoms with Crippen LogP contribution >= 0.6 is 0 Å². The molecule has 0 saturated heterocycles. The molecule has 0 aromatic carbocycles. The van der Waals surface area contributed by atoms with E-state index >= 15 is 0 Å². The molecule has 2 bridgehead atoms. The Hall–Kier alpha value is -0.0800. The maximum atomic E-state index is 2.67. The fourth-order valence-electron chi connectivity index (χ4n) is 4.08. The van der Waals surface area contributed by atoms with Crippen molar-refractivity contribution >= 4 is 0 Å². The summed E-state index contributed by atoms with van der Waals surface area (Å²) in [6.07, 6.45) is 6.10. The van der Waals surface area contributed by atoms with Crippen LogP contribution in [0.4, 0.5) is 0 Å². The highest BCUT2D eigenvalue weighted by Crippen LogP contribution is 2.43. The number of quaternary nitrogens is 2. The Morgan fingerprint density at radius 3 is 2.44 bits per heavy atom. The van der Waals surface area contributed by atoms with Gasteiger partial charge >= 0.3 is 0 Å². The monoisotopic (exact) mass is 226 g/mol. The molecule has 0 radical (unpaired) electrons. The zero-order valence-electron chi connectivity index (χ0n) is 11.6. The topological polar surface area (TPSA) is 21.1 Å². The van der Waals surface area contributed by atoms with E-state index in [4.69, 9.17) is 0 Å². The predicted octanol–water partition coefficient (Wildman–Crippen LogP) is -0.0909. The van der Waals surface area contributed by atoms with E-state index < -0.39 is 0 Å². The second-order valence-corrected chi connectivity index (χ2v) is 7.33. The fourth-order valence-corrected chi connectivity index (χ4v) is 4.08. The van der Waals surface area contributed by atoms with Crippen molar-refractivity contribution in [1.82, 2.24) is 0 Å². The average Bonchev–Trinajstić information content (AvgIpc) is 2.73. The van der Waals surface area contributed by atoms with Crippen LogP contribution in [0.3, 0.4) is 0 Å². The second-order valence-electron chi connectivity index (χ2n) is 7.33. The molecule has 0 heterocycles. The molecule has 0 aliphatic heterocycles. The highest BCUT2D eigenvalue weighted by molar-refractivity contribution is 4.89. The van der Waals surface area contributed by atoms with Crippen molar-refractivity contribution in [3.8, 4) is 0 Å². The van der Waals surface area contributed by atoms with Gasteiger partial charge in [0.2, 0.25) is 0 Å². The summed E-state index contributed by atoms with van der Waals surface area (Å²) in [4.78, 5) is 1.58. The molecule has 0 aromatic heterocycles. The first-order chi connectivity index (χ1) is 7.46. The predicted molar refractivity (Wildman–Crippen MR) is 67.5 cm³/mol. The average molecular weight is 226 g/mol. The molecule has 2 saturated carbocycles. The number of rotatable bonds is 5. The summed E-state index contributed by atoms with van der Waals surface area (Å²) in [7, 11) is 4.53. The number of nitrogens with one attached hydrogen (secondary N) is 1. The van der Waals surface area contributed by atoms with Crippen molar-refractivity contribution in [2.45, 2.75) is 45.6 Å². The van der Waals surface area contributed by atoms with Gasteiger partial charge in [-0.05, 0) is 39.0 Å². The molecule has 2 nitrogen and oxygen atoms in total. The molecule has 2 heteroatoms. The number of hydrogen-bond acceptors (Lipinski definition) is 0. The van der Waals surface area contributed by atoms with Crippen LogP contribution in [0.5, 0.6) is 0 Å². The van der Waals surface area contributed by atoms with Crippen LogP contribution in [0, 0.1) is 17.3 Å². The third-order valence-electron chi connectivity index (χ3n) is 4.60. The Morgan fingerprint density at radius 1 is 1.19 bits per heavy atom. The normalized spacial score (nSPS) is 33.9. The first-order valence-electron chi connectivity index (χ1n) is 7.09. The van der Waals surface area contributed by atoms with Gasteiger partial charge < -0.3 is 10.2 Å². The zero-order valence-corrected chi connectivity index (χ0v) is 11.6. The van der Waals surface area contributed by atoms with Gasteiger partial charge in [-0.25, -0.2) is 0 Å². The minimum Gasteiger partial charge on any atom is -0.343 e. The highest BCUT2D eigenvalue weighted by Gasteiger charge is 2.42. The third-order valence-corrected chi connectivity index (χ3v) is 4.60. The minimum absolute atomic E-state index is 0.487. The quantitative estimate of drug-likeness (QED) is 0.654. The molecule has 94 valence electrons. The van der Waals surface area contributed by atoms with Gasteiger partial charge in [0, 0.05) is 12.3 Å². The van der Waals surface area contributed by atoms with Gasteiger partial charge in [-0.15, -0.1) is 0 Å². The molecule has 0 spiro atoms. The summed E-state index contributed by atoms with van der Waals surface area (Å²) in [5.74, 6) is 2.15. The van der Waals surface area contributed by atoms with Crippen molar-refractivity contribution in [3.05, 3.63) is 0 Å². The Labute approximate surface area is 101 Å². The van der Waals surface area contributed by atoms with E-state index in [-0.39, 0.29) is 0 Å². The smallest absolute Gasteiger partial charge is 0.0890 e. The zero-order chi connectivity index (χ0) is 11.8. The van der Waals surface area contributed by atoms with Crippen molar-refractivity contribution in [3.63, 3.8) is 0 Å². The Balaban J connectivity index is 1.74. The summed E-state index contributed by atoms with van der Waals surface area (Å²) in [6.45, 7) is 7.43. The van der Waals surface area contributed by atoms with Crippen molar-refractivity contribution in [2.75, 3.05) is 27.2 Å². The molecule has 0 aromatic rings. The van der Waals surface area contributed by atoms with Crippen molar-refractivity contribution in [2.24, 2.45) is 17.3 Å². The van der Waals surface area contributed by atoms with Gasteiger partial charge in [-0.2, -0.15) is 0 Å². The van der Waals surface area contributed by atoms with E-state index in [1.165, 1.54) is 32.4 Å². The first-order valence-corrected chi connectivity index (χ1v) is 7.09. The van der Waals surface area contributed by atoms with Crippen molar-refractivity contribution < 1.29 is 10.2 Å². The van der Waals surface area contributed by atoms with Crippen LogP contribution in [-0.4, -0.2) is 33.2 Å². The second kappa shape index (κ2) is 4.66.